The first-order valence-corrected chi connectivity index (χ1v) is 4.88. The van der Waals surface area contributed by atoms with Crippen LogP contribution in [0.25, 0.3) is 0 Å². The van der Waals surface area contributed by atoms with Gasteiger partial charge in [-0.3, -0.25) is 4.98 Å². The Morgan fingerprint density at radius 3 is 2.87 bits per heavy atom. The lowest BCUT2D eigenvalue weighted by Crippen LogP contribution is -2.05. The van der Waals surface area contributed by atoms with Crippen molar-refractivity contribution in [3.8, 4) is 0 Å². The summed E-state index contributed by atoms with van der Waals surface area (Å²) < 4.78 is 2.00. The zero-order valence-corrected chi connectivity index (χ0v) is 8.94. The fourth-order valence-electron chi connectivity index (χ4n) is 1.40. The monoisotopic (exact) mass is 202 g/mol. The maximum absolute atomic E-state index is 4.24. The van der Waals surface area contributed by atoms with Crippen LogP contribution in [0.1, 0.15) is 11.5 Å². The molecule has 0 aliphatic rings. The molecule has 0 atom stereocenters. The van der Waals surface area contributed by atoms with Crippen molar-refractivity contribution in [1.29, 1.82) is 0 Å². The minimum atomic E-state index is 0.729. The molecular weight excluding hydrogens is 188 g/mol. The van der Waals surface area contributed by atoms with Crippen LogP contribution in [0.5, 0.6) is 0 Å². The van der Waals surface area contributed by atoms with E-state index in [1.54, 1.807) is 12.4 Å². The predicted octanol–water partition coefficient (Wildman–Crippen LogP) is 1.74. The summed E-state index contributed by atoms with van der Waals surface area (Å²) in [5.74, 6) is 1.02. The number of aromatic nitrogens is 3. The Hall–Kier alpha value is -1.84. The Morgan fingerprint density at radius 1 is 1.33 bits per heavy atom. The van der Waals surface area contributed by atoms with E-state index < -0.39 is 0 Å². The lowest BCUT2D eigenvalue weighted by atomic mass is 10.3. The minimum Gasteiger partial charge on any atom is -0.378 e. The van der Waals surface area contributed by atoms with Gasteiger partial charge in [-0.1, -0.05) is 0 Å². The normalized spacial score (nSPS) is 10.3. The summed E-state index contributed by atoms with van der Waals surface area (Å²) in [6, 6.07) is 3.97. The summed E-state index contributed by atoms with van der Waals surface area (Å²) in [6.07, 6.45) is 5.54. The summed E-state index contributed by atoms with van der Waals surface area (Å²) in [7, 11) is 1.99. The fraction of sp³-hybridized carbons (Fsp3) is 0.273. The largest absolute Gasteiger partial charge is 0.378 e. The zero-order chi connectivity index (χ0) is 10.7. The molecule has 1 N–H and O–H groups in total. The number of hydrogen-bond donors (Lipinski definition) is 1. The Kier molecular flexibility index (Phi) is 2.67. The zero-order valence-electron chi connectivity index (χ0n) is 8.94. The van der Waals surface area contributed by atoms with Gasteiger partial charge in [-0.25, -0.2) is 4.98 Å². The average Bonchev–Trinajstić information content (AvgIpc) is 2.61. The third-order valence-electron chi connectivity index (χ3n) is 2.27. The molecule has 0 aliphatic carbocycles. The van der Waals surface area contributed by atoms with Gasteiger partial charge in [0, 0.05) is 37.0 Å². The van der Waals surface area contributed by atoms with Crippen LogP contribution >= 0.6 is 0 Å². The fourth-order valence-corrected chi connectivity index (χ4v) is 1.40. The van der Waals surface area contributed by atoms with Gasteiger partial charge in [0.15, 0.2) is 0 Å². The molecule has 2 rings (SSSR count). The Morgan fingerprint density at radius 2 is 2.20 bits per heavy atom. The molecule has 0 aromatic carbocycles. The van der Waals surface area contributed by atoms with E-state index in [9.17, 15) is 0 Å². The molecule has 2 heterocycles. The molecule has 0 saturated carbocycles. The average molecular weight is 202 g/mol. The molecule has 0 aliphatic heterocycles. The van der Waals surface area contributed by atoms with Crippen LogP contribution in [-0.2, 0) is 13.6 Å². The molecule has 2 aromatic rings. The van der Waals surface area contributed by atoms with E-state index in [0.717, 1.165) is 23.8 Å². The molecule has 0 bridgehead atoms. The Labute approximate surface area is 89.0 Å². The SMILES string of the molecule is Cc1cc(NCc2nccn2C)ccn1. The van der Waals surface area contributed by atoms with E-state index in [0.29, 0.717) is 0 Å². The van der Waals surface area contributed by atoms with Crippen molar-refractivity contribution in [2.75, 3.05) is 5.32 Å². The van der Waals surface area contributed by atoms with Crippen LogP contribution < -0.4 is 5.32 Å². The highest BCUT2D eigenvalue weighted by molar-refractivity contribution is 5.42. The third-order valence-corrected chi connectivity index (χ3v) is 2.27. The van der Waals surface area contributed by atoms with Gasteiger partial charge in [-0.05, 0) is 19.1 Å². The molecule has 4 heteroatoms. The van der Waals surface area contributed by atoms with Crippen LogP contribution in [0, 0.1) is 6.92 Å². The Bertz CT molecular complexity index is 447. The van der Waals surface area contributed by atoms with E-state index in [1.807, 2.05) is 36.9 Å². The highest BCUT2D eigenvalue weighted by Gasteiger charge is 1.98. The Balaban J connectivity index is 2.02. The van der Waals surface area contributed by atoms with Gasteiger partial charge in [0.2, 0.25) is 0 Å². The van der Waals surface area contributed by atoms with Gasteiger partial charge < -0.3 is 9.88 Å². The number of rotatable bonds is 3. The van der Waals surface area contributed by atoms with Gasteiger partial charge >= 0.3 is 0 Å². The summed E-state index contributed by atoms with van der Waals surface area (Å²) in [6.45, 7) is 2.71. The van der Waals surface area contributed by atoms with Crippen LogP contribution in [0.4, 0.5) is 5.69 Å². The number of imidazole rings is 1. The molecule has 0 amide bonds. The van der Waals surface area contributed by atoms with Gasteiger partial charge in [-0.2, -0.15) is 0 Å². The molecule has 0 unspecified atom stereocenters. The lowest BCUT2D eigenvalue weighted by molar-refractivity contribution is 0.812. The van der Waals surface area contributed by atoms with Gasteiger partial charge in [0.1, 0.15) is 5.82 Å². The van der Waals surface area contributed by atoms with Crippen LogP contribution in [0.15, 0.2) is 30.7 Å². The second-order valence-corrected chi connectivity index (χ2v) is 3.49. The van der Waals surface area contributed by atoms with Gasteiger partial charge in [-0.15, -0.1) is 0 Å². The maximum Gasteiger partial charge on any atom is 0.127 e. The third kappa shape index (κ3) is 2.34. The highest BCUT2D eigenvalue weighted by atomic mass is 15.1. The first-order chi connectivity index (χ1) is 7.25. The van der Waals surface area contributed by atoms with Crippen molar-refractivity contribution >= 4 is 5.69 Å². The summed E-state index contributed by atoms with van der Waals surface area (Å²) in [5.41, 5.74) is 2.09. The summed E-state index contributed by atoms with van der Waals surface area (Å²) >= 11 is 0. The van der Waals surface area contributed by atoms with Crippen LogP contribution in [-0.4, -0.2) is 14.5 Å². The lowest BCUT2D eigenvalue weighted by Gasteiger charge is -2.06. The van der Waals surface area contributed by atoms with E-state index in [2.05, 4.69) is 15.3 Å². The van der Waals surface area contributed by atoms with Crippen LogP contribution in [0.3, 0.4) is 0 Å². The van der Waals surface area contributed by atoms with Crippen molar-refractivity contribution in [3.63, 3.8) is 0 Å². The molecule has 78 valence electrons. The first-order valence-electron chi connectivity index (χ1n) is 4.88. The number of pyridine rings is 1. The predicted molar refractivity (Wildman–Crippen MR) is 59.5 cm³/mol. The standard InChI is InChI=1S/C11H14N4/c1-9-7-10(3-4-12-9)14-8-11-13-5-6-15(11)2/h3-7H,8H2,1-2H3,(H,12,14). The summed E-state index contributed by atoms with van der Waals surface area (Å²) in [4.78, 5) is 8.38. The molecule has 2 aromatic heterocycles. The number of anilines is 1. The summed E-state index contributed by atoms with van der Waals surface area (Å²) in [5, 5.41) is 3.31. The molecule has 0 spiro atoms. The van der Waals surface area contributed by atoms with Gasteiger partial charge in [0.25, 0.3) is 0 Å². The minimum absolute atomic E-state index is 0.729. The molecule has 0 saturated heterocycles. The first kappa shape index (κ1) is 9.71. The van der Waals surface area contributed by atoms with Crippen molar-refractivity contribution in [1.82, 2.24) is 14.5 Å². The van der Waals surface area contributed by atoms with E-state index in [1.165, 1.54) is 0 Å². The quantitative estimate of drug-likeness (QED) is 0.824. The van der Waals surface area contributed by atoms with Crippen molar-refractivity contribution in [3.05, 3.63) is 42.2 Å². The van der Waals surface area contributed by atoms with Gasteiger partial charge in [0.05, 0.1) is 6.54 Å². The molecule has 15 heavy (non-hydrogen) atoms. The van der Waals surface area contributed by atoms with Crippen LogP contribution in [0.2, 0.25) is 0 Å². The van der Waals surface area contributed by atoms with Crippen molar-refractivity contribution < 1.29 is 0 Å². The van der Waals surface area contributed by atoms with Crippen molar-refractivity contribution in [2.24, 2.45) is 7.05 Å². The number of aryl methyl sites for hydroxylation is 2. The second-order valence-electron chi connectivity index (χ2n) is 3.49. The van der Waals surface area contributed by atoms with E-state index in [-0.39, 0.29) is 0 Å². The highest BCUT2D eigenvalue weighted by Crippen LogP contribution is 2.08. The topological polar surface area (TPSA) is 42.7 Å². The number of nitrogens with zero attached hydrogens (tertiary/aromatic N) is 3. The number of nitrogens with one attached hydrogen (secondary N) is 1. The molecular formula is C11H14N4. The van der Waals surface area contributed by atoms with Crippen molar-refractivity contribution in [2.45, 2.75) is 13.5 Å². The molecule has 0 fully saturated rings. The molecule has 0 radical (unpaired) electrons. The molecule has 4 nitrogen and oxygen atoms in total. The van der Waals surface area contributed by atoms with E-state index >= 15 is 0 Å². The maximum atomic E-state index is 4.24. The van der Waals surface area contributed by atoms with E-state index in [4.69, 9.17) is 0 Å². The smallest absolute Gasteiger partial charge is 0.127 e. The second kappa shape index (κ2) is 4.13. The number of hydrogen-bond acceptors (Lipinski definition) is 3.